The number of ether oxygens (including phenoxy) is 3. The highest BCUT2D eigenvalue weighted by Gasteiger charge is 2.30. The van der Waals surface area contributed by atoms with Crippen LogP contribution in [0.5, 0.6) is 11.5 Å². The highest BCUT2D eigenvalue weighted by Crippen LogP contribution is 2.31. The highest BCUT2D eigenvalue weighted by molar-refractivity contribution is 5.90. The van der Waals surface area contributed by atoms with Gasteiger partial charge in [-0.3, -0.25) is 14.5 Å². The van der Waals surface area contributed by atoms with E-state index in [-0.39, 0.29) is 24.4 Å². The average Bonchev–Trinajstić information content (AvgIpc) is 2.79. The molecule has 1 heterocycles. The monoisotopic (exact) mass is 477 g/mol. The van der Waals surface area contributed by atoms with Gasteiger partial charge in [-0.1, -0.05) is 36.4 Å². The Morgan fingerprint density at radius 2 is 1.67 bits per heavy atom. The van der Waals surface area contributed by atoms with Crippen LogP contribution < -0.4 is 9.47 Å². The molecule has 0 aromatic heterocycles. The molecule has 0 amide bonds. The predicted molar refractivity (Wildman–Crippen MR) is 127 cm³/mol. The van der Waals surface area contributed by atoms with Gasteiger partial charge in [0, 0.05) is 13.0 Å². The lowest BCUT2D eigenvalue weighted by molar-refractivity contribution is -0.158. The van der Waals surface area contributed by atoms with Crippen molar-refractivity contribution in [1.29, 1.82) is 0 Å². The van der Waals surface area contributed by atoms with Crippen LogP contribution in [0.4, 0.5) is 0 Å². The summed E-state index contributed by atoms with van der Waals surface area (Å²) in [5.41, 5.74) is 2.23. The second-order valence-corrected chi connectivity index (χ2v) is 8.09. The minimum atomic E-state index is -1.18. The summed E-state index contributed by atoms with van der Waals surface area (Å²) in [7, 11) is 3.16. The zero-order valence-electron chi connectivity index (χ0n) is 19.1. The summed E-state index contributed by atoms with van der Waals surface area (Å²) >= 11 is 0. The molecule has 1 aliphatic heterocycles. The van der Waals surface area contributed by atoms with Gasteiger partial charge in [0.1, 0.15) is 12.5 Å². The van der Waals surface area contributed by atoms with Gasteiger partial charge in [0.05, 0.1) is 14.2 Å². The second-order valence-electron chi connectivity index (χ2n) is 8.09. The molecule has 3 rings (SSSR count). The van der Waals surface area contributed by atoms with Crippen molar-refractivity contribution in [3.63, 3.8) is 0 Å². The number of carbonyl (C=O) groups is 2. The number of aliphatic carboxylic acids is 1. The van der Waals surface area contributed by atoms with Crippen LogP contribution in [0.1, 0.15) is 30.4 Å². The molecule has 1 unspecified atom stereocenters. The molecular weight excluding hydrogens is 446 g/mol. The maximum atomic E-state index is 12.2. The van der Waals surface area contributed by atoms with Gasteiger partial charge in [-0.05, 0) is 55.1 Å². The molecule has 180 valence electrons. The van der Waals surface area contributed by atoms with Gasteiger partial charge in [-0.2, -0.15) is 0 Å². The molecule has 1 atom stereocenters. The normalized spacial score (nSPS) is 15.2. The zero-order valence-corrected chi connectivity index (χ0v) is 19.9. The van der Waals surface area contributed by atoms with Gasteiger partial charge in [0.15, 0.2) is 11.5 Å². The summed E-state index contributed by atoms with van der Waals surface area (Å²) in [4.78, 5) is 25.5. The number of carbonyl (C=O) groups excluding carboxylic acids is 1. The van der Waals surface area contributed by atoms with E-state index in [1.165, 1.54) is 5.56 Å². The summed E-state index contributed by atoms with van der Waals surface area (Å²) in [6, 6.07) is 16.0. The fourth-order valence-corrected chi connectivity index (χ4v) is 4.20. The Kier molecular flexibility index (Phi) is 10.5. The molecule has 0 saturated carbocycles. The van der Waals surface area contributed by atoms with Crippen LogP contribution in [0.2, 0.25) is 0 Å². The number of hydrogen-bond donors (Lipinski definition) is 1. The van der Waals surface area contributed by atoms with Crippen molar-refractivity contribution < 1.29 is 28.9 Å². The second kappa shape index (κ2) is 13.1. The molecule has 1 N–H and O–H groups in total. The summed E-state index contributed by atoms with van der Waals surface area (Å²) in [5.74, 6) is -0.483. The first-order valence-corrected chi connectivity index (χ1v) is 10.9. The van der Waals surface area contributed by atoms with Crippen molar-refractivity contribution in [3.05, 3.63) is 59.7 Å². The number of hydrogen-bond acceptors (Lipinski definition) is 6. The minimum Gasteiger partial charge on any atom is -0.493 e. The lowest BCUT2D eigenvalue weighted by atomic mass is 9.87. The number of nitrogens with zero attached hydrogens (tertiary/aromatic N) is 1. The molecule has 8 heteroatoms. The van der Waals surface area contributed by atoms with Crippen molar-refractivity contribution >= 4 is 24.3 Å². The van der Waals surface area contributed by atoms with Gasteiger partial charge in [0.2, 0.25) is 0 Å². The quantitative estimate of drug-likeness (QED) is 0.409. The van der Waals surface area contributed by atoms with E-state index in [1.54, 1.807) is 14.2 Å². The van der Waals surface area contributed by atoms with E-state index in [4.69, 9.17) is 19.3 Å². The first-order valence-electron chi connectivity index (χ1n) is 10.9. The number of esters is 1. The number of carboxylic acid groups (broad SMARTS) is 1. The van der Waals surface area contributed by atoms with Gasteiger partial charge in [-0.15, -0.1) is 12.4 Å². The molecular formula is C25H32ClNO6. The first kappa shape index (κ1) is 26.5. The molecule has 7 nitrogen and oxygen atoms in total. The van der Waals surface area contributed by atoms with Crippen LogP contribution in [0.15, 0.2) is 48.5 Å². The van der Waals surface area contributed by atoms with Crippen molar-refractivity contribution in [2.24, 2.45) is 5.92 Å². The molecule has 2 aromatic carbocycles. The van der Waals surface area contributed by atoms with Crippen LogP contribution in [0.25, 0.3) is 0 Å². The molecule has 0 spiro atoms. The Bertz CT molecular complexity index is 899. The smallest absolute Gasteiger partial charge is 0.317 e. The standard InChI is InChI=1S/C25H31NO6.ClH/c1-30-21-9-8-19(15-23(21)31-2)14-22(32-25(29)16-24(27)28)20-10-12-26(13-11-20)17-18-6-4-3-5-7-18;/h3-9,15,20,22H,10-14,16-17H2,1-2H3,(H,27,28);1H. The van der Waals surface area contributed by atoms with E-state index in [0.717, 1.165) is 38.0 Å². The third-order valence-corrected chi connectivity index (χ3v) is 5.87. The number of benzene rings is 2. The Morgan fingerprint density at radius 3 is 2.27 bits per heavy atom. The molecule has 0 radical (unpaired) electrons. The topological polar surface area (TPSA) is 85.3 Å². The molecule has 0 aliphatic carbocycles. The van der Waals surface area contributed by atoms with E-state index in [0.29, 0.717) is 17.9 Å². The van der Waals surface area contributed by atoms with Crippen LogP contribution in [-0.2, 0) is 27.3 Å². The van der Waals surface area contributed by atoms with Crippen molar-refractivity contribution in [1.82, 2.24) is 4.90 Å². The minimum absolute atomic E-state index is 0. The zero-order chi connectivity index (χ0) is 22.9. The van der Waals surface area contributed by atoms with E-state index in [9.17, 15) is 9.59 Å². The third-order valence-electron chi connectivity index (χ3n) is 5.87. The largest absolute Gasteiger partial charge is 0.493 e. The number of methoxy groups -OCH3 is 2. The molecule has 33 heavy (non-hydrogen) atoms. The summed E-state index contributed by atoms with van der Waals surface area (Å²) < 4.78 is 16.4. The summed E-state index contributed by atoms with van der Waals surface area (Å²) in [5, 5.41) is 8.96. The molecule has 2 aromatic rings. The molecule has 1 fully saturated rings. The number of halogens is 1. The fraction of sp³-hybridized carbons (Fsp3) is 0.440. The fourth-order valence-electron chi connectivity index (χ4n) is 4.20. The molecule has 1 saturated heterocycles. The Morgan fingerprint density at radius 1 is 1.00 bits per heavy atom. The van der Waals surface area contributed by atoms with Gasteiger partial charge in [-0.25, -0.2) is 0 Å². The Hall–Kier alpha value is -2.77. The van der Waals surface area contributed by atoms with Crippen LogP contribution in [0, 0.1) is 5.92 Å². The predicted octanol–water partition coefficient (Wildman–Crippen LogP) is 3.97. The van der Waals surface area contributed by atoms with E-state index >= 15 is 0 Å². The summed E-state index contributed by atoms with van der Waals surface area (Å²) in [6.45, 7) is 2.70. The molecule has 0 bridgehead atoms. The van der Waals surface area contributed by atoms with Crippen molar-refractivity contribution in [2.45, 2.75) is 38.3 Å². The van der Waals surface area contributed by atoms with Crippen LogP contribution in [-0.4, -0.2) is 55.4 Å². The maximum absolute atomic E-state index is 12.2. The van der Waals surface area contributed by atoms with Crippen molar-refractivity contribution in [3.8, 4) is 11.5 Å². The lowest BCUT2D eigenvalue weighted by Crippen LogP contribution is -2.40. The number of rotatable bonds is 10. The first-order chi connectivity index (χ1) is 15.5. The third kappa shape index (κ3) is 7.94. The lowest BCUT2D eigenvalue weighted by Gasteiger charge is -2.36. The van der Waals surface area contributed by atoms with E-state index < -0.39 is 18.4 Å². The Labute approximate surface area is 201 Å². The number of likely N-dealkylation sites (tertiary alicyclic amines) is 1. The van der Waals surface area contributed by atoms with Crippen LogP contribution in [0.3, 0.4) is 0 Å². The number of piperidine rings is 1. The van der Waals surface area contributed by atoms with Crippen LogP contribution >= 0.6 is 12.4 Å². The van der Waals surface area contributed by atoms with E-state index in [2.05, 4.69) is 17.0 Å². The van der Waals surface area contributed by atoms with Gasteiger partial charge >= 0.3 is 11.9 Å². The average molecular weight is 478 g/mol. The highest BCUT2D eigenvalue weighted by atomic mass is 35.5. The Balaban J connectivity index is 0.00000385. The van der Waals surface area contributed by atoms with Gasteiger partial charge in [0.25, 0.3) is 0 Å². The van der Waals surface area contributed by atoms with Gasteiger partial charge < -0.3 is 19.3 Å². The van der Waals surface area contributed by atoms with E-state index in [1.807, 2.05) is 36.4 Å². The summed E-state index contributed by atoms with van der Waals surface area (Å²) in [6.07, 6.45) is 1.24. The maximum Gasteiger partial charge on any atom is 0.317 e. The van der Waals surface area contributed by atoms with Crippen molar-refractivity contribution in [2.75, 3.05) is 27.3 Å². The number of carboxylic acids is 1. The SMILES string of the molecule is COc1ccc(CC(OC(=O)CC(=O)O)C2CCN(Cc3ccccc3)CC2)cc1OC.Cl. The molecule has 1 aliphatic rings.